The van der Waals surface area contributed by atoms with E-state index in [4.69, 9.17) is 5.73 Å². The van der Waals surface area contributed by atoms with Crippen LogP contribution in [0.1, 0.15) is 31.2 Å². The van der Waals surface area contributed by atoms with Crippen molar-refractivity contribution in [2.75, 3.05) is 0 Å². The highest BCUT2D eigenvalue weighted by atomic mass is 16.1. The Bertz CT molecular complexity index is 627. The number of hydrogen-bond donors (Lipinski definition) is 2. The summed E-state index contributed by atoms with van der Waals surface area (Å²) in [5.41, 5.74) is 7.67. The van der Waals surface area contributed by atoms with Crippen molar-refractivity contribution in [3.05, 3.63) is 42.1 Å². The smallest absolute Gasteiger partial charge is 0.220 e. The Labute approximate surface area is 124 Å². The van der Waals surface area contributed by atoms with E-state index in [0.717, 1.165) is 37.7 Å². The normalized spacial score (nSPS) is 22.3. The molecule has 0 spiro atoms. The van der Waals surface area contributed by atoms with Crippen molar-refractivity contribution >= 4 is 16.8 Å². The van der Waals surface area contributed by atoms with Gasteiger partial charge in [0.25, 0.3) is 0 Å². The van der Waals surface area contributed by atoms with E-state index < -0.39 is 0 Å². The first-order valence-corrected chi connectivity index (χ1v) is 7.59. The zero-order valence-electron chi connectivity index (χ0n) is 12.1. The molecular weight excluding hydrogens is 262 g/mol. The van der Waals surface area contributed by atoms with Crippen molar-refractivity contribution < 1.29 is 4.79 Å². The summed E-state index contributed by atoms with van der Waals surface area (Å²) in [7, 11) is 0. The number of nitrogens with one attached hydrogen (secondary N) is 1. The van der Waals surface area contributed by atoms with Crippen LogP contribution in [0, 0.1) is 5.92 Å². The number of rotatable bonds is 4. The lowest BCUT2D eigenvalue weighted by atomic mass is 9.85. The van der Waals surface area contributed by atoms with E-state index in [2.05, 4.69) is 34.6 Å². The number of aromatic nitrogens is 1. The number of para-hydroxylation sites is 1. The monoisotopic (exact) mass is 283 g/mol. The number of carbonyl (C=O) groups excluding carboxylic acids is 1. The van der Waals surface area contributed by atoms with Crippen LogP contribution in [0.2, 0.25) is 0 Å². The molecule has 0 atom stereocenters. The molecule has 1 amide bonds. The minimum Gasteiger partial charge on any atom is -0.369 e. The highest BCUT2D eigenvalue weighted by molar-refractivity contribution is 5.81. The maximum absolute atomic E-state index is 11.2. The van der Waals surface area contributed by atoms with Crippen LogP contribution in [0.15, 0.2) is 36.5 Å². The zero-order chi connectivity index (χ0) is 14.7. The third-order valence-electron chi connectivity index (χ3n) is 4.43. The van der Waals surface area contributed by atoms with Gasteiger partial charge in [-0.25, -0.2) is 0 Å². The number of fused-ring (bicyclic) bond motifs is 1. The zero-order valence-corrected chi connectivity index (χ0v) is 12.1. The summed E-state index contributed by atoms with van der Waals surface area (Å²) >= 11 is 0. The fourth-order valence-corrected chi connectivity index (χ4v) is 3.15. The van der Waals surface area contributed by atoms with Crippen LogP contribution in [0.5, 0.6) is 0 Å². The van der Waals surface area contributed by atoms with Crippen LogP contribution in [0.3, 0.4) is 0 Å². The van der Waals surface area contributed by atoms with E-state index in [-0.39, 0.29) is 11.8 Å². The van der Waals surface area contributed by atoms with Crippen molar-refractivity contribution in [3.63, 3.8) is 0 Å². The molecule has 0 saturated heterocycles. The lowest BCUT2D eigenvalue weighted by Gasteiger charge is -2.27. The second-order valence-electron chi connectivity index (χ2n) is 5.82. The molecule has 1 aromatic carbocycles. The number of benzene rings is 1. The topological polar surface area (TPSA) is 68.0 Å². The molecule has 1 saturated carbocycles. The van der Waals surface area contributed by atoms with E-state index in [9.17, 15) is 4.79 Å². The molecule has 4 nitrogen and oxygen atoms in total. The molecule has 1 aromatic heterocycles. The van der Waals surface area contributed by atoms with Gasteiger partial charge in [0.05, 0.1) is 5.52 Å². The Morgan fingerprint density at radius 1 is 1.19 bits per heavy atom. The molecule has 1 aliphatic rings. The number of primary amides is 1. The third kappa shape index (κ3) is 3.22. The largest absolute Gasteiger partial charge is 0.369 e. The minimum atomic E-state index is -0.147. The molecule has 0 radical (unpaired) electrons. The molecule has 2 aromatic rings. The summed E-state index contributed by atoms with van der Waals surface area (Å²) in [4.78, 5) is 15.7. The Balaban J connectivity index is 1.61. The van der Waals surface area contributed by atoms with Crippen LogP contribution in [-0.2, 0) is 11.3 Å². The third-order valence-corrected chi connectivity index (χ3v) is 4.43. The Hall–Kier alpha value is -1.94. The number of nitrogens with zero attached hydrogens (tertiary/aromatic N) is 1. The van der Waals surface area contributed by atoms with E-state index >= 15 is 0 Å². The van der Waals surface area contributed by atoms with Crippen molar-refractivity contribution in [2.24, 2.45) is 11.7 Å². The molecule has 21 heavy (non-hydrogen) atoms. The Morgan fingerprint density at radius 3 is 2.71 bits per heavy atom. The standard InChI is InChI=1S/C17H21N3O/c18-17(21)13-6-8-15(9-7-13)20-11-14-4-1-3-12-5-2-10-19-16(12)14/h1-5,10,13,15,20H,6-9,11H2,(H2,18,21). The van der Waals surface area contributed by atoms with Gasteiger partial charge in [0.15, 0.2) is 0 Å². The van der Waals surface area contributed by atoms with Gasteiger partial charge in [-0.2, -0.15) is 0 Å². The number of nitrogens with two attached hydrogens (primary N) is 1. The van der Waals surface area contributed by atoms with Crippen molar-refractivity contribution in [1.29, 1.82) is 0 Å². The lowest BCUT2D eigenvalue weighted by molar-refractivity contribution is -0.122. The van der Waals surface area contributed by atoms with E-state index in [1.165, 1.54) is 10.9 Å². The van der Waals surface area contributed by atoms with Gasteiger partial charge in [-0.3, -0.25) is 9.78 Å². The highest BCUT2D eigenvalue weighted by Crippen LogP contribution is 2.24. The first-order chi connectivity index (χ1) is 10.2. The first kappa shape index (κ1) is 14.0. The minimum absolute atomic E-state index is 0.0715. The summed E-state index contributed by atoms with van der Waals surface area (Å²) in [6, 6.07) is 10.8. The van der Waals surface area contributed by atoms with Crippen LogP contribution < -0.4 is 11.1 Å². The SMILES string of the molecule is NC(=O)C1CCC(NCc2cccc3cccnc23)CC1. The van der Waals surface area contributed by atoms with E-state index in [1.54, 1.807) is 0 Å². The number of pyridine rings is 1. The molecule has 110 valence electrons. The van der Waals surface area contributed by atoms with Crippen LogP contribution >= 0.6 is 0 Å². The highest BCUT2D eigenvalue weighted by Gasteiger charge is 2.24. The summed E-state index contributed by atoms with van der Waals surface area (Å²) in [5.74, 6) is -0.0750. The number of hydrogen-bond acceptors (Lipinski definition) is 3. The second kappa shape index (κ2) is 6.22. The van der Waals surface area contributed by atoms with Gasteiger partial charge in [-0.05, 0) is 37.3 Å². The van der Waals surface area contributed by atoms with Gasteiger partial charge in [0.2, 0.25) is 5.91 Å². The predicted octanol–water partition coefficient (Wildman–Crippen LogP) is 2.37. The van der Waals surface area contributed by atoms with Crippen molar-refractivity contribution in [3.8, 4) is 0 Å². The summed E-state index contributed by atoms with van der Waals surface area (Å²) in [6.45, 7) is 0.820. The molecule has 0 bridgehead atoms. The fraction of sp³-hybridized carbons (Fsp3) is 0.412. The van der Waals surface area contributed by atoms with E-state index in [0.29, 0.717) is 6.04 Å². The molecule has 1 heterocycles. The Kier molecular flexibility index (Phi) is 4.15. The summed E-state index contributed by atoms with van der Waals surface area (Å²) in [6.07, 6.45) is 5.68. The van der Waals surface area contributed by atoms with Gasteiger partial charge in [-0.1, -0.05) is 24.3 Å². The summed E-state index contributed by atoms with van der Waals surface area (Å²) in [5, 5.41) is 4.77. The average Bonchev–Trinajstić information content (AvgIpc) is 2.53. The van der Waals surface area contributed by atoms with Gasteiger partial charge in [0, 0.05) is 30.1 Å². The van der Waals surface area contributed by atoms with Gasteiger partial charge in [0.1, 0.15) is 0 Å². The molecule has 3 N–H and O–H groups in total. The average molecular weight is 283 g/mol. The van der Waals surface area contributed by atoms with Crippen molar-refractivity contribution in [1.82, 2.24) is 10.3 Å². The number of amides is 1. The lowest BCUT2D eigenvalue weighted by Crippen LogP contribution is -2.36. The molecule has 1 aliphatic carbocycles. The predicted molar refractivity (Wildman–Crippen MR) is 83.5 cm³/mol. The quantitative estimate of drug-likeness (QED) is 0.905. The van der Waals surface area contributed by atoms with Gasteiger partial charge >= 0.3 is 0 Å². The molecule has 1 fully saturated rings. The molecule has 0 unspecified atom stereocenters. The fourth-order valence-electron chi connectivity index (χ4n) is 3.15. The van der Waals surface area contributed by atoms with Crippen LogP contribution in [0.25, 0.3) is 10.9 Å². The second-order valence-corrected chi connectivity index (χ2v) is 5.82. The van der Waals surface area contributed by atoms with Crippen LogP contribution in [-0.4, -0.2) is 16.9 Å². The molecule has 4 heteroatoms. The van der Waals surface area contributed by atoms with Gasteiger partial charge < -0.3 is 11.1 Å². The van der Waals surface area contributed by atoms with Crippen molar-refractivity contribution in [2.45, 2.75) is 38.3 Å². The number of carbonyl (C=O) groups is 1. The van der Waals surface area contributed by atoms with Gasteiger partial charge in [-0.15, -0.1) is 0 Å². The molecular formula is C17H21N3O. The molecule has 0 aliphatic heterocycles. The van der Waals surface area contributed by atoms with Crippen LogP contribution in [0.4, 0.5) is 0 Å². The van der Waals surface area contributed by atoms with E-state index in [1.807, 2.05) is 12.3 Å². The maximum Gasteiger partial charge on any atom is 0.220 e. The Morgan fingerprint density at radius 2 is 1.95 bits per heavy atom. The maximum atomic E-state index is 11.2. The summed E-state index contributed by atoms with van der Waals surface area (Å²) < 4.78 is 0. The molecule has 3 rings (SSSR count). The first-order valence-electron chi connectivity index (χ1n) is 7.59.